The number of rotatable bonds is 6. The molecule has 1 atom stereocenters. The SMILES string of the molecule is CNC(Cc1ncc(C)c(OC)c1C)C(C)(C)N(C)C. The predicted octanol–water partition coefficient (Wildman–Crippen LogP) is 2.18. The summed E-state index contributed by atoms with van der Waals surface area (Å²) in [6.07, 6.45) is 2.78. The first-order chi connectivity index (χ1) is 9.25. The van der Waals surface area contributed by atoms with E-state index in [1.807, 2.05) is 20.2 Å². The van der Waals surface area contributed by atoms with Crippen molar-refractivity contribution in [2.75, 3.05) is 28.3 Å². The van der Waals surface area contributed by atoms with Crippen molar-refractivity contribution in [1.29, 1.82) is 0 Å². The molecule has 1 aromatic heterocycles. The lowest BCUT2D eigenvalue weighted by atomic mass is 9.88. The van der Waals surface area contributed by atoms with Crippen LogP contribution in [0.4, 0.5) is 0 Å². The number of pyridine rings is 1. The van der Waals surface area contributed by atoms with Crippen LogP contribution in [0.25, 0.3) is 0 Å². The molecule has 1 N–H and O–H groups in total. The minimum atomic E-state index is 0.0426. The third-order valence-electron chi connectivity index (χ3n) is 4.50. The standard InChI is InChI=1S/C16H29N3O/c1-11-10-18-13(12(2)15(11)20-8)9-14(17-5)16(3,4)19(6)7/h10,14,17H,9H2,1-8H3. The van der Waals surface area contributed by atoms with Gasteiger partial charge in [0.25, 0.3) is 0 Å². The topological polar surface area (TPSA) is 37.4 Å². The van der Waals surface area contributed by atoms with Crippen molar-refractivity contribution in [3.8, 4) is 5.75 Å². The Morgan fingerprint density at radius 3 is 2.40 bits per heavy atom. The Morgan fingerprint density at radius 2 is 1.95 bits per heavy atom. The fourth-order valence-electron chi connectivity index (χ4n) is 2.49. The maximum absolute atomic E-state index is 5.49. The molecule has 0 radical (unpaired) electrons. The van der Waals surface area contributed by atoms with Crippen LogP contribution in [0.5, 0.6) is 5.75 Å². The van der Waals surface area contributed by atoms with E-state index in [0.29, 0.717) is 6.04 Å². The van der Waals surface area contributed by atoms with Crippen LogP contribution >= 0.6 is 0 Å². The highest BCUT2D eigenvalue weighted by atomic mass is 16.5. The van der Waals surface area contributed by atoms with E-state index < -0.39 is 0 Å². The summed E-state index contributed by atoms with van der Waals surface area (Å²) in [5.74, 6) is 0.951. The largest absolute Gasteiger partial charge is 0.496 e. The molecule has 0 amide bonds. The normalized spacial score (nSPS) is 13.7. The molecule has 0 spiro atoms. The monoisotopic (exact) mass is 279 g/mol. The van der Waals surface area contributed by atoms with Gasteiger partial charge >= 0.3 is 0 Å². The lowest BCUT2D eigenvalue weighted by molar-refractivity contribution is 0.141. The van der Waals surface area contributed by atoms with Crippen LogP contribution in [0.2, 0.25) is 0 Å². The van der Waals surface area contributed by atoms with Crippen molar-refractivity contribution < 1.29 is 4.74 Å². The number of nitrogens with zero attached hydrogens (tertiary/aromatic N) is 2. The summed E-state index contributed by atoms with van der Waals surface area (Å²) >= 11 is 0. The number of likely N-dealkylation sites (N-methyl/N-ethyl adjacent to an activating group) is 2. The van der Waals surface area contributed by atoms with Gasteiger partial charge in [-0.15, -0.1) is 0 Å². The van der Waals surface area contributed by atoms with E-state index in [4.69, 9.17) is 4.74 Å². The molecule has 1 heterocycles. The van der Waals surface area contributed by atoms with Crippen LogP contribution in [-0.2, 0) is 6.42 Å². The summed E-state index contributed by atoms with van der Waals surface area (Å²) in [4.78, 5) is 6.85. The highest BCUT2D eigenvalue weighted by Gasteiger charge is 2.31. The summed E-state index contributed by atoms with van der Waals surface area (Å²) in [6.45, 7) is 8.61. The molecule has 0 aromatic carbocycles. The molecule has 1 aromatic rings. The van der Waals surface area contributed by atoms with Crippen molar-refractivity contribution in [3.63, 3.8) is 0 Å². The van der Waals surface area contributed by atoms with Crippen LogP contribution in [0.15, 0.2) is 6.20 Å². The number of ether oxygens (including phenoxy) is 1. The molecule has 0 bridgehead atoms. The molecule has 114 valence electrons. The number of nitrogens with one attached hydrogen (secondary N) is 1. The summed E-state index contributed by atoms with van der Waals surface area (Å²) in [5.41, 5.74) is 3.37. The quantitative estimate of drug-likeness (QED) is 0.866. The van der Waals surface area contributed by atoms with Crippen molar-refractivity contribution in [1.82, 2.24) is 15.2 Å². The van der Waals surface area contributed by atoms with Crippen molar-refractivity contribution in [2.24, 2.45) is 0 Å². The van der Waals surface area contributed by atoms with E-state index >= 15 is 0 Å². The van der Waals surface area contributed by atoms with Crippen LogP contribution in [0, 0.1) is 13.8 Å². The second kappa shape index (κ2) is 6.55. The van der Waals surface area contributed by atoms with E-state index in [0.717, 1.165) is 29.0 Å². The second-order valence-electron chi connectivity index (χ2n) is 6.14. The Morgan fingerprint density at radius 1 is 1.35 bits per heavy atom. The molecule has 1 unspecified atom stereocenters. The van der Waals surface area contributed by atoms with Gasteiger partial charge in [0.05, 0.1) is 7.11 Å². The number of aryl methyl sites for hydroxylation is 1. The fourth-order valence-corrected chi connectivity index (χ4v) is 2.49. The maximum Gasteiger partial charge on any atom is 0.128 e. The molecular formula is C16H29N3O. The van der Waals surface area contributed by atoms with Gasteiger partial charge in [-0.05, 0) is 48.8 Å². The van der Waals surface area contributed by atoms with E-state index in [1.165, 1.54) is 0 Å². The molecule has 4 heteroatoms. The molecular weight excluding hydrogens is 250 g/mol. The first-order valence-corrected chi connectivity index (χ1v) is 7.09. The van der Waals surface area contributed by atoms with Crippen molar-refractivity contribution in [2.45, 2.75) is 45.7 Å². The zero-order valence-electron chi connectivity index (χ0n) is 14.2. The minimum absolute atomic E-state index is 0.0426. The smallest absolute Gasteiger partial charge is 0.128 e. The number of hydrogen-bond acceptors (Lipinski definition) is 4. The van der Waals surface area contributed by atoms with E-state index in [9.17, 15) is 0 Å². The van der Waals surface area contributed by atoms with Gasteiger partial charge in [-0.25, -0.2) is 0 Å². The Balaban J connectivity index is 3.08. The maximum atomic E-state index is 5.49. The van der Waals surface area contributed by atoms with Gasteiger partial charge < -0.3 is 15.0 Å². The highest BCUT2D eigenvalue weighted by molar-refractivity contribution is 5.41. The Bertz CT molecular complexity index is 455. The van der Waals surface area contributed by atoms with Crippen molar-refractivity contribution >= 4 is 0 Å². The van der Waals surface area contributed by atoms with Gasteiger partial charge in [0.1, 0.15) is 5.75 Å². The van der Waals surface area contributed by atoms with E-state index in [2.05, 4.69) is 50.1 Å². The van der Waals surface area contributed by atoms with Gasteiger partial charge in [-0.2, -0.15) is 0 Å². The van der Waals surface area contributed by atoms with Crippen LogP contribution < -0.4 is 10.1 Å². The van der Waals surface area contributed by atoms with E-state index in [-0.39, 0.29) is 5.54 Å². The van der Waals surface area contributed by atoms with E-state index in [1.54, 1.807) is 7.11 Å². The second-order valence-corrected chi connectivity index (χ2v) is 6.14. The summed E-state index contributed by atoms with van der Waals surface area (Å²) in [6, 6.07) is 0.316. The lowest BCUT2D eigenvalue weighted by Crippen LogP contribution is -2.55. The zero-order chi connectivity index (χ0) is 15.5. The number of hydrogen-bond donors (Lipinski definition) is 1. The summed E-state index contributed by atoms with van der Waals surface area (Å²) in [5, 5.41) is 3.43. The average Bonchev–Trinajstić information content (AvgIpc) is 2.38. The van der Waals surface area contributed by atoms with Crippen LogP contribution in [0.3, 0.4) is 0 Å². The first kappa shape index (κ1) is 16.9. The Kier molecular flexibility index (Phi) is 5.54. The molecule has 0 aliphatic rings. The molecule has 4 nitrogen and oxygen atoms in total. The molecule has 0 saturated carbocycles. The predicted molar refractivity (Wildman–Crippen MR) is 84.6 cm³/mol. The number of methoxy groups -OCH3 is 1. The summed E-state index contributed by atoms with van der Waals surface area (Å²) < 4.78 is 5.49. The molecule has 0 fully saturated rings. The highest BCUT2D eigenvalue weighted by Crippen LogP contribution is 2.27. The lowest BCUT2D eigenvalue weighted by Gasteiger charge is -2.40. The molecule has 0 aliphatic heterocycles. The Hall–Kier alpha value is -1.13. The Labute approximate surface area is 123 Å². The van der Waals surface area contributed by atoms with Crippen LogP contribution in [-0.4, -0.2) is 49.7 Å². The third kappa shape index (κ3) is 3.30. The summed E-state index contributed by atoms with van der Waals surface area (Å²) in [7, 11) is 7.95. The fraction of sp³-hybridized carbons (Fsp3) is 0.688. The first-order valence-electron chi connectivity index (χ1n) is 7.09. The van der Waals surface area contributed by atoms with Gasteiger partial charge in [-0.1, -0.05) is 0 Å². The third-order valence-corrected chi connectivity index (χ3v) is 4.50. The van der Waals surface area contributed by atoms with Crippen LogP contribution in [0.1, 0.15) is 30.7 Å². The average molecular weight is 279 g/mol. The molecule has 20 heavy (non-hydrogen) atoms. The molecule has 0 saturated heterocycles. The van der Waals surface area contributed by atoms with Gasteiger partial charge in [0.2, 0.25) is 0 Å². The minimum Gasteiger partial charge on any atom is -0.496 e. The molecule has 1 rings (SSSR count). The van der Waals surface area contributed by atoms with Gasteiger partial charge in [-0.3, -0.25) is 4.98 Å². The van der Waals surface area contributed by atoms with Crippen molar-refractivity contribution in [3.05, 3.63) is 23.0 Å². The number of aromatic nitrogens is 1. The van der Waals surface area contributed by atoms with Gasteiger partial charge in [0, 0.05) is 41.0 Å². The zero-order valence-corrected chi connectivity index (χ0v) is 14.2. The molecule has 0 aliphatic carbocycles. The van der Waals surface area contributed by atoms with Gasteiger partial charge in [0.15, 0.2) is 0 Å².